The summed E-state index contributed by atoms with van der Waals surface area (Å²) in [7, 11) is 0. The summed E-state index contributed by atoms with van der Waals surface area (Å²) in [5, 5.41) is 9.91. The van der Waals surface area contributed by atoms with E-state index >= 15 is 0 Å². The van der Waals surface area contributed by atoms with Crippen LogP contribution in [-0.2, 0) is 16.1 Å². The van der Waals surface area contributed by atoms with Crippen molar-refractivity contribution in [3.05, 3.63) is 65.9 Å². The predicted octanol–water partition coefficient (Wildman–Crippen LogP) is 4.23. The van der Waals surface area contributed by atoms with Gasteiger partial charge in [-0.05, 0) is 63.2 Å². The van der Waals surface area contributed by atoms with Gasteiger partial charge >= 0.3 is 11.9 Å². The summed E-state index contributed by atoms with van der Waals surface area (Å²) in [5.41, 5.74) is 0.507. The standard InChI is InChI=1S/C23H23NO6/c1-4-28-22(27)23(2,3)30-19-10-11-20-15(12-19)8-9-17(24-20)14-29-18-7-5-6-16(13-18)21(25)26/h5-13H,4,14H2,1-3H3,(H,25,26). The van der Waals surface area contributed by atoms with Crippen molar-refractivity contribution in [2.75, 3.05) is 6.61 Å². The lowest BCUT2D eigenvalue weighted by atomic mass is 10.1. The number of aromatic nitrogens is 1. The third-order valence-corrected chi connectivity index (χ3v) is 4.33. The molecule has 0 aliphatic rings. The fourth-order valence-electron chi connectivity index (χ4n) is 2.81. The van der Waals surface area contributed by atoms with Crippen LogP contribution in [0.3, 0.4) is 0 Å². The van der Waals surface area contributed by atoms with E-state index in [1.165, 1.54) is 12.1 Å². The van der Waals surface area contributed by atoms with Crippen molar-refractivity contribution in [1.82, 2.24) is 4.98 Å². The van der Waals surface area contributed by atoms with E-state index in [1.54, 1.807) is 45.0 Å². The molecule has 0 saturated carbocycles. The Kier molecular flexibility index (Phi) is 6.20. The smallest absolute Gasteiger partial charge is 0.349 e. The molecule has 1 N–H and O–H groups in total. The summed E-state index contributed by atoms with van der Waals surface area (Å²) >= 11 is 0. The molecule has 1 aromatic heterocycles. The minimum absolute atomic E-state index is 0.164. The van der Waals surface area contributed by atoms with Gasteiger partial charge in [0.1, 0.15) is 18.1 Å². The number of ether oxygens (including phenoxy) is 3. The van der Waals surface area contributed by atoms with Crippen LogP contribution in [0, 0.1) is 0 Å². The van der Waals surface area contributed by atoms with Gasteiger partial charge in [-0.2, -0.15) is 0 Å². The number of carboxylic acids is 1. The number of carbonyl (C=O) groups is 2. The van der Waals surface area contributed by atoms with E-state index < -0.39 is 17.5 Å². The van der Waals surface area contributed by atoms with E-state index in [0.717, 1.165) is 10.9 Å². The molecular formula is C23H23NO6. The first-order chi connectivity index (χ1) is 14.3. The third kappa shape index (κ3) is 5.05. The molecule has 0 aliphatic carbocycles. The Hall–Kier alpha value is -3.61. The molecular weight excluding hydrogens is 386 g/mol. The molecule has 7 heteroatoms. The summed E-state index contributed by atoms with van der Waals surface area (Å²) in [6.45, 7) is 5.56. The minimum atomic E-state index is -1.10. The Labute approximate surface area is 174 Å². The molecule has 1 heterocycles. The van der Waals surface area contributed by atoms with Gasteiger partial charge in [0.25, 0.3) is 0 Å². The van der Waals surface area contributed by atoms with Crippen LogP contribution in [0.1, 0.15) is 36.8 Å². The lowest BCUT2D eigenvalue weighted by Gasteiger charge is -2.24. The number of hydrogen-bond acceptors (Lipinski definition) is 6. The molecule has 156 valence electrons. The number of carboxylic acid groups (broad SMARTS) is 1. The molecule has 3 aromatic rings. The highest BCUT2D eigenvalue weighted by molar-refractivity contribution is 5.88. The molecule has 7 nitrogen and oxygen atoms in total. The fourth-order valence-corrected chi connectivity index (χ4v) is 2.81. The molecule has 30 heavy (non-hydrogen) atoms. The fraction of sp³-hybridized carbons (Fsp3) is 0.261. The van der Waals surface area contributed by atoms with Gasteiger partial charge in [-0.3, -0.25) is 0 Å². The quantitative estimate of drug-likeness (QED) is 0.556. The topological polar surface area (TPSA) is 95.0 Å². The molecule has 3 rings (SSSR count). The number of hydrogen-bond donors (Lipinski definition) is 1. The summed E-state index contributed by atoms with van der Waals surface area (Å²) in [6, 6.07) is 15.4. The van der Waals surface area contributed by atoms with Crippen molar-refractivity contribution in [1.29, 1.82) is 0 Å². The van der Waals surface area contributed by atoms with Gasteiger partial charge in [-0.25, -0.2) is 14.6 Å². The lowest BCUT2D eigenvalue weighted by Crippen LogP contribution is -2.39. The first-order valence-electron chi connectivity index (χ1n) is 9.50. The van der Waals surface area contributed by atoms with Crippen LogP contribution in [0.5, 0.6) is 11.5 Å². The lowest BCUT2D eigenvalue weighted by molar-refractivity contribution is -0.158. The van der Waals surface area contributed by atoms with Gasteiger partial charge in [0, 0.05) is 5.39 Å². The number of rotatable bonds is 8. The number of pyridine rings is 1. The van der Waals surface area contributed by atoms with Crippen molar-refractivity contribution in [3.8, 4) is 11.5 Å². The number of nitrogens with zero attached hydrogens (tertiary/aromatic N) is 1. The Balaban J connectivity index is 1.71. The molecule has 0 aliphatic heterocycles. The zero-order valence-corrected chi connectivity index (χ0v) is 17.0. The molecule has 0 spiro atoms. The Morgan fingerprint density at radius 2 is 1.83 bits per heavy atom. The van der Waals surface area contributed by atoms with Crippen LogP contribution in [0.15, 0.2) is 54.6 Å². The van der Waals surface area contributed by atoms with E-state index in [0.29, 0.717) is 23.8 Å². The number of aromatic carboxylic acids is 1. The van der Waals surface area contributed by atoms with E-state index in [9.17, 15) is 9.59 Å². The van der Waals surface area contributed by atoms with Crippen molar-refractivity contribution >= 4 is 22.8 Å². The number of esters is 1. The molecule has 0 fully saturated rings. The molecule has 0 saturated heterocycles. The average molecular weight is 409 g/mol. The van der Waals surface area contributed by atoms with Gasteiger partial charge < -0.3 is 19.3 Å². The van der Waals surface area contributed by atoms with E-state index in [-0.39, 0.29) is 12.2 Å². The number of fused-ring (bicyclic) bond motifs is 1. The molecule has 0 unspecified atom stereocenters. The summed E-state index contributed by atoms with van der Waals surface area (Å²) in [4.78, 5) is 27.6. The highest BCUT2D eigenvalue weighted by atomic mass is 16.6. The van der Waals surface area contributed by atoms with Crippen molar-refractivity contribution in [3.63, 3.8) is 0 Å². The summed E-state index contributed by atoms with van der Waals surface area (Å²) in [6.07, 6.45) is 0. The normalized spacial score (nSPS) is 11.2. The zero-order valence-electron chi connectivity index (χ0n) is 17.0. The highest BCUT2D eigenvalue weighted by Gasteiger charge is 2.31. The van der Waals surface area contributed by atoms with Gasteiger partial charge in [0.15, 0.2) is 5.60 Å². The van der Waals surface area contributed by atoms with Crippen LogP contribution in [0.25, 0.3) is 10.9 Å². The largest absolute Gasteiger partial charge is 0.487 e. The first-order valence-corrected chi connectivity index (χ1v) is 9.50. The van der Waals surface area contributed by atoms with Gasteiger partial charge in [0.2, 0.25) is 0 Å². The maximum Gasteiger partial charge on any atom is 0.349 e. The second-order valence-corrected chi connectivity index (χ2v) is 7.11. The van der Waals surface area contributed by atoms with E-state index in [2.05, 4.69) is 4.98 Å². The third-order valence-electron chi connectivity index (χ3n) is 4.33. The molecule has 2 aromatic carbocycles. The maximum absolute atomic E-state index is 12.0. The predicted molar refractivity (Wildman–Crippen MR) is 111 cm³/mol. The molecule has 0 atom stereocenters. The Morgan fingerprint density at radius 1 is 1.03 bits per heavy atom. The van der Waals surface area contributed by atoms with Crippen LogP contribution in [0.2, 0.25) is 0 Å². The van der Waals surface area contributed by atoms with E-state index in [1.807, 2.05) is 18.2 Å². The first kappa shape index (κ1) is 21.1. The van der Waals surface area contributed by atoms with Crippen LogP contribution >= 0.6 is 0 Å². The molecule has 0 radical (unpaired) electrons. The van der Waals surface area contributed by atoms with Crippen LogP contribution in [0.4, 0.5) is 0 Å². The SMILES string of the molecule is CCOC(=O)C(C)(C)Oc1ccc2nc(COc3cccc(C(=O)O)c3)ccc2c1. The van der Waals surface area contributed by atoms with Crippen LogP contribution < -0.4 is 9.47 Å². The Morgan fingerprint density at radius 3 is 2.57 bits per heavy atom. The number of carbonyl (C=O) groups excluding carboxylic acids is 1. The summed E-state index contributed by atoms with van der Waals surface area (Å²) in [5.74, 6) is -0.435. The molecule has 0 bridgehead atoms. The van der Waals surface area contributed by atoms with Crippen molar-refractivity contribution in [2.24, 2.45) is 0 Å². The van der Waals surface area contributed by atoms with Gasteiger partial charge in [-0.15, -0.1) is 0 Å². The zero-order chi connectivity index (χ0) is 21.7. The number of benzene rings is 2. The minimum Gasteiger partial charge on any atom is -0.487 e. The van der Waals surface area contributed by atoms with Crippen molar-refractivity contribution < 1.29 is 28.9 Å². The average Bonchev–Trinajstić information content (AvgIpc) is 2.72. The maximum atomic E-state index is 12.0. The van der Waals surface area contributed by atoms with E-state index in [4.69, 9.17) is 19.3 Å². The van der Waals surface area contributed by atoms with Gasteiger partial charge in [0.05, 0.1) is 23.4 Å². The highest BCUT2D eigenvalue weighted by Crippen LogP contribution is 2.25. The van der Waals surface area contributed by atoms with Crippen LogP contribution in [-0.4, -0.2) is 34.2 Å². The molecule has 0 amide bonds. The summed E-state index contributed by atoms with van der Waals surface area (Å²) < 4.78 is 16.5. The second-order valence-electron chi connectivity index (χ2n) is 7.11. The second kappa shape index (κ2) is 8.82. The Bertz CT molecular complexity index is 1080. The van der Waals surface area contributed by atoms with Gasteiger partial charge in [-0.1, -0.05) is 12.1 Å². The van der Waals surface area contributed by atoms with Crippen molar-refractivity contribution in [2.45, 2.75) is 33.0 Å². The monoisotopic (exact) mass is 409 g/mol.